The van der Waals surface area contributed by atoms with Crippen molar-refractivity contribution in [2.45, 2.75) is 57.9 Å². The number of esters is 1. The first-order valence-corrected chi connectivity index (χ1v) is 9.21. The zero-order valence-corrected chi connectivity index (χ0v) is 15.1. The van der Waals surface area contributed by atoms with Gasteiger partial charge in [0.15, 0.2) is 0 Å². The molecular weight excluding hydrogens is 326 g/mol. The number of ether oxygens (including phenoxy) is 1. The highest BCUT2D eigenvalue weighted by Crippen LogP contribution is 2.24. The number of carbonyl (C=O) groups excluding carboxylic acids is 2. The van der Waals surface area contributed by atoms with Crippen molar-refractivity contribution in [3.05, 3.63) is 34.9 Å². The Morgan fingerprint density at radius 1 is 1.21 bits per heavy atom. The first-order valence-electron chi connectivity index (χ1n) is 8.84. The number of carbonyl (C=O) groups is 2. The number of halogens is 1. The van der Waals surface area contributed by atoms with Gasteiger partial charge >= 0.3 is 5.97 Å². The Balaban J connectivity index is 2.14. The van der Waals surface area contributed by atoms with Gasteiger partial charge in [-0.1, -0.05) is 43.4 Å². The van der Waals surface area contributed by atoms with Gasteiger partial charge in [0.05, 0.1) is 13.0 Å². The second-order valence-corrected chi connectivity index (χ2v) is 6.65. The number of hydrogen-bond donors (Lipinski definition) is 0. The van der Waals surface area contributed by atoms with E-state index in [2.05, 4.69) is 0 Å². The molecule has 0 N–H and O–H groups in total. The molecular formula is C19H26ClNO3. The van der Waals surface area contributed by atoms with Crippen LogP contribution in [0.4, 0.5) is 0 Å². The summed E-state index contributed by atoms with van der Waals surface area (Å²) in [5, 5.41) is 0.548. The Labute approximate surface area is 149 Å². The summed E-state index contributed by atoms with van der Waals surface area (Å²) in [6, 6.07) is 7.20. The summed E-state index contributed by atoms with van der Waals surface area (Å²) < 4.78 is 5.01. The fraction of sp³-hybridized carbons (Fsp3) is 0.579. The molecule has 0 radical (unpaired) electrons. The number of benzene rings is 1. The fourth-order valence-electron chi connectivity index (χ4n) is 3.25. The molecule has 1 aliphatic rings. The van der Waals surface area contributed by atoms with Crippen LogP contribution in [-0.4, -0.2) is 36.0 Å². The van der Waals surface area contributed by atoms with Gasteiger partial charge in [0.2, 0.25) is 0 Å². The van der Waals surface area contributed by atoms with Crippen molar-refractivity contribution in [1.82, 2.24) is 4.90 Å². The molecule has 4 nitrogen and oxygen atoms in total. The van der Waals surface area contributed by atoms with Crippen molar-refractivity contribution in [2.75, 3.05) is 13.2 Å². The molecule has 1 amide bonds. The molecule has 24 heavy (non-hydrogen) atoms. The number of amides is 1. The van der Waals surface area contributed by atoms with Gasteiger partial charge in [-0.3, -0.25) is 9.59 Å². The molecule has 0 aliphatic heterocycles. The lowest BCUT2D eigenvalue weighted by Gasteiger charge is -2.31. The Kier molecular flexibility index (Phi) is 7.57. The summed E-state index contributed by atoms with van der Waals surface area (Å²) in [5.74, 6) is -0.302. The molecule has 0 unspecified atom stereocenters. The first-order chi connectivity index (χ1) is 11.6. The Morgan fingerprint density at radius 3 is 2.54 bits per heavy atom. The van der Waals surface area contributed by atoms with Gasteiger partial charge in [0.1, 0.15) is 0 Å². The summed E-state index contributed by atoms with van der Waals surface area (Å²) in [4.78, 5) is 26.6. The third-order valence-electron chi connectivity index (χ3n) is 4.46. The van der Waals surface area contributed by atoms with Crippen LogP contribution in [0.2, 0.25) is 5.02 Å². The van der Waals surface area contributed by atoms with E-state index in [0.29, 0.717) is 23.7 Å². The van der Waals surface area contributed by atoms with Crippen LogP contribution in [0.5, 0.6) is 0 Å². The molecule has 1 saturated carbocycles. The third kappa shape index (κ3) is 5.52. The lowest BCUT2D eigenvalue weighted by atomic mass is 10.0. The molecule has 2 rings (SSSR count). The maximum atomic E-state index is 13.0. The smallest absolute Gasteiger partial charge is 0.307 e. The molecule has 0 bridgehead atoms. The number of hydrogen-bond acceptors (Lipinski definition) is 3. The average Bonchev–Trinajstić information content (AvgIpc) is 2.84. The molecule has 132 valence electrons. The van der Waals surface area contributed by atoms with E-state index < -0.39 is 0 Å². The molecule has 1 aromatic carbocycles. The minimum Gasteiger partial charge on any atom is -0.466 e. The standard InChI is InChI=1S/C19H26ClNO3/c1-2-24-18(22)12-13-21(17-10-5-3-4-6-11-17)19(23)15-8-7-9-16(20)14-15/h7-9,14,17H,2-6,10-13H2,1H3. The Bertz CT molecular complexity index is 553. The van der Waals surface area contributed by atoms with Crippen LogP contribution in [0, 0.1) is 0 Å². The van der Waals surface area contributed by atoms with Gasteiger partial charge in [0, 0.05) is 23.2 Å². The SMILES string of the molecule is CCOC(=O)CCN(C(=O)c1cccc(Cl)c1)C1CCCCCC1. The average molecular weight is 352 g/mol. The van der Waals surface area contributed by atoms with Gasteiger partial charge < -0.3 is 9.64 Å². The van der Waals surface area contributed by atoms with Crippen molar-refractivity contribution < 1.29 is 14.3 Å². The van der Waals surface area contributed by atoms with Gasteiger partial charge in [0.25, 0.3) is 5.91 Å². The molecule has 0 aromatic heterocycles. The van der Waals surface area contributed by atoms with E-state index in [1.807, 2.05) is 4.90 Å². The van der Waals surface area contributed by atoms with Crippen LogP contribution in [-0.2, 0) is 9.53 Å². The summed E-state index contributed by atoms with van der Waals surface area (Å²) in [5.41, 5.74) is 0.579. The van der Waals surface area contributed by atoms with E-state index in [4.69, 9.17) is 16.3 Å². The van der Waals surface area contributed by atoms with Crippen LogP contribution < -0.4 is 0 Å². The Hall–Kier alpha value is -1.55. The van der Waals surface area contributed by atoms with Crippen molar-refractivity contribution in [2.24, 2.45) is 0 Å². The summed E-state index contributed by atoms with van der Waals surface area (Å²) in [6.45, 7) is 2.55. The number of rotatable bonds is 6. The van der Waals surface area contributed by atoms with Crippen molar-refractivity contribution in [3.8, 4) is 0 Å². The van der Waals surface area contributed by atoms with Crippen molar-refractivity contribution >= 4 is 23.5 Å². The molecule has 0 atom stereocenters. The predicted octanol–water partition coefficient (Wildman–Crippen LogP) is 4.46. The zero-order valence-electron chi connectivity index (χ0n) is 14.3. The highest BCUT2D eigenvalue weighted by Gasteiger charge is 2.26. The molecule has 0 heterocycles. The monoisotopic (exact) mass is 351 g/mol. The van der Waals surface area contributed by atoms with E-state index in [9.17, 15) is 9.59 Å². The normalized spacial score (nSPS) is 15.6. The van der Waals surface area contributed by atoms with Crippen LogP contribution in [0.3, 0.4) is 0 Å². The quantitative estimate of drug-likeness (QED) is 0.561. The van der Waals surface area contributed by atoms with Crippen LogP contribution >= 0.6 is 11.6 Å². The van der Waals surface area contributed by atoms with E-state index in [-0.39, 0.29) is 24.3 Å². The van der Waals surface area contributed by atoms with Crippen LogP contribution in [0.25, 0.3) is 0 Å². The molecule has 1 aromatic rings. The highest BCUT2D eigenvalue weighted by atomic mass is 35.5. The maximum absolute atomic E-state index is 13.0. The predicted molar refractivity (Wildman–Crippen MR) is 95.2 cm³/mol. The second-order valence-electron chi connectivity index (χ2n) is 6.21. The third-order valence-corrected chi connectivity index (χ3v) is 4.70. The largest absolute Gasteiger partial charge is 0.466 e. The van der Waals surface area contributed by atoms with Gasteiger partial charge in [-0.25, -0.2) is 0 Å². The molecule has 5 heteroatoms. The summed E-state index contributed by atoms with van der Waals surface area (Å²) in [7, 11) is 0. The fourth-order valence-corrected chi connectivity index (χ4v) is 3.44. The molecule has 0 spiro atoms. The second kappa shape index (κ2) is 9.67. The van der Waals surface area contributed by atoms with E-state index in [0.717, 1.165) is 25.7 Å². The first kappa shape index (κ1) is 18.8. The van der Waals surface area contributed by atoms with Crippen molar-refractivity contribution in [3.63, 3.8) is 0 Å². The maximum Gasteiger partial charge on any atom is 0.307 e. The highest BCUT2D eigenvalue weighted by molar-refractivity contribution is 6.30. The topological polar surface area (TPSA) is 46.6 Å². The molecule has 0 saturated heterocycles. The molecule has 1 fully saturated rings. The van der Waals surface area contributed by atoms with E-state index >= 15 is 0 Å². The Morgan fingerprint density at radius 2 is 1.92 bits per heavy atom. The van der Waals surface area contributed by atoms with Gasteiger partial charge in [-0.05, 0) is 38.0 Å². The van der Waals surface area contributed by atoms with E-state index in [1.54, 1.807) is 31.2 Å². The summed E-state index contributed by atoms with van der Waals surface area (Å²) >= 11 is 6.03. The van der Waals surface area contributed by atoms with Gasteiger partial charge in [-0.15, -0.1) is 0 Å². The summed E-state index contributed by atoms with van der Waals surface area (Å²) in [6.07, 6.45) is 6.91. The lowest BCUT2D eigenvalue weighted by Crippen LogP contribution is -2.41. The lowest BCUT2D eigenvalue weighted by molar-refractivity contribution is -0.143. The number of nitrogens with zero attached hydrogens (tertiary/aromatic N) is 1. The minimum absolute atomic E-state index is 0.0475. The van der Waals surface area contributed by atoms with Gasteiger partial charge in [-0.2, -0.15) is 0 Å². The van der Waals surface area contributed by atoms with Crippen LogP contribution in [0.15, 0.2) is 24.3 Å². The van der Waals surface area contributed by atoms with Crippen molar-refractivity contribution in [1.29, 1.82) is 0 Å². The molecule has 1 aliphatic carbocycles. The van der Waals surface area contributed by atoms with E-state index in [1.165, 1.54) is 12.8 Å². The van der Waals surface area contributed by atoms with Crippen LogP contribution in [0.1, 0.15) is 62.2 Å². The zero-order chi connectivity index (χ0) is 17.4. The minimum atomic E-state index is -0.255.